The highest BCUT2D eigenvalue weighted by atomic mass is 35.5. The summed E-state index contributed by atoms with van der Waals surface area (Å²) in [6.45, 7) is 3.77. The van der Waals surface area contributed by atoms with Crippen molar-refractivity contribution in [1.29, 1.82) is 0 Å². The number of nitrogens with zero attached hydrogens (tertiary/aromatic N) is 2. The lowest BCUT2D eigenvalue weighted by atomic mass is 10.3. The topological polar surface area (TPSA) is 67.6 Å². The van der Waals surface area contributed by atoms with Crippen LogP contribution in [0.15, 0.2) is 34.9 Å². The number of rotatable bonds is 4. The lowest BCUT2D eigenvalue weighted by molar-refractivity contribution is 0.0305. The molecular weight excluding hydrogens is 306 g/mol. The highest BCUT2D eigenvalue weighted by Gasteiger charge is 2.16. The molecule has 0 unspecified atom stereocenters. The molecule has 1 aromatic carbocycles. The zero-order valence-electron chi connectivity index (χ0n) is 11.9. The van der Waals surface area contributed by atoms with Gasteiger partial charge in [0.15, 0.2) is 11.5 Å². The lowest BCUT2D eigenvalue weighted by Gasteiger charge is -2.25. The van der Waals surface area contributed by atoms with E-state index in [9.17, 15) is 4.79 Å². The number of hydrogen-bond acceptors (Lipinski definition) is 5. The number of carbonyl (C=O) groups is 1. The molecule has 1 aliphatic rings. The zero-order chi connectivity index (χ0) is 15.4. The van der Waals surface area contributed by atoms with Gasteiger partial charge in [-0.3, -0.25) is 9.69 Å². The van der Waals surface area contributed by atoms with Crippen molar-refractivity contribution in [3.63, 3.8) is 0 Å². The van der Waals surface area contributed by atoms with Crippen LogP contribution in [0, 0.1) is 0 Å². The van der Waals surface area contributed by atoms with Gasteiger partial charge in [-0.05, 0) is 18.2 Å². The maximum Gasteiger partial charge on any atom is 0.277 e. The van der Waals surface area contributed by atoms with Crippen LogP contribution >= 0.6 is 11.6 Å². The molecule has 0 radical (unpaired) electrons. The molecule has 7 heteroatoms. The number of hydrogen-bond donors (Lipinski definition) is 1. The van der Waals surface area contributed by atoms with E-state index >= 15 is 0 Å². The molecule has 0 bridgehead atoms. The summed E-state index contributed by atoms with van der Waals surface area (Å²) in [6, 6.07) is 8.61. The largest absolute Gasteiger partial charge is 0.379 e. The first-order chi connectivity index (χ1) is 10.7. The quantitative estimate of drug-likeness (QED) is 0.936. The van der Waals surface area contributed by atoms with E-state index in [1.807, 2.05) is 0 Å². The maximum atomic E-state index is 12.1. The maximum absolute atomic E-state index is 12.1. The molecule has 1 amide bonds. The molecule has 22 heavy (non-hydrogen) atoms. The standard InChI is InChI=1S/C15H16ClN3O3/c16-11-2-1-3-12(8-11)17-15(20)14-9-13(22-18-14)10-19-4-6-21-7-5-19/h1-3,8-9H,4-7,10H2,(H,17,20). The third kappa shape index (κ3) is 3.85. The van der Waals surface area contributed by atoms with E-state index in [1.165, 1.54) is 0 Å². The molecule has 116 valence electrons. The van der Waals surface area contributed by atoms with Crippen LogP contribution in [0.2, 0.25) is 5.02 Å². The minimum absolute atomic E-state index is 0.253. The van der Waals surface area contributed by atoms with Crippen molar-refractivity contribution in [2.75, 3.05) is 31.6 Å². The SMILES string of the molecule is O=C(Nc1cccc(Cl)c1)c1cc(CN2CCOCC2)on1. The van der Waals surface area contributed by atoms with Crippen molar-refractivity contribution in [3.8, 4) is 0 Å². The Kier molecular flexibility index (Phi) is 4.72. The summed E-state index contributed by atoms with van der Waals surface area (Å²) in [4.78, 5) is 14.3. The summed E-state index contributed by atoms with van der Waals surface area (Å²) in [6.07, 6.45) is 0. The van der Waals surface area contributed by atoms with E-state index in [-0.39, 0.29) is 11.6 Å². The number of aromatic nitrogens is 1. The first kappa shape index (κ1) is 15.0. The Balaban J connectivity index is 1.61. The Labute approximate surface area is 133 Å². The molecular formula is C15H16ClN3O3. The molecule has 2 heterocycles. The van der Waals surface area contributed by atoms with Gasteiger partial charge >= 0.3 is 0 Å². The van der Waals surface area contributed by atoms with Crippen LogP contribution < -0.4 is 5.32 Å². The smallest absolute Gasteiger partial charge is 0.277 e. The number of ether oxygens (including phenoxy) is 1. The van der Waals surface area contributed by atoms with Gasteiger partial charge in [-0.1, -0.05) is 22.8 Å². The molecule has 1 aliphatic heterocycles. The van der Waals surface area contributed by atoms with E-state index in [4.69, 9.17) is 20.9 Å². The van der Waals surface area contributed by atoms with Crippen molar-refractivity contribution in [1.82, 2.24) is 10.1 Å². The monoisotopic (exact) mass is 321 g/mol. The van der Waals surface area contributed by atoms with Crippen LogP contribution in [0.4, 0.5) is 5.69 Å². The summed E-state index contributed by atoms with van der Waals surface area (Å²) in [5, 5.41) is 7.12. The minimum Gasteiger partial charge on any atom is -0.379 e. The molecule has 1 saturated heterocycles. The molecule has 6 nitrogen and oxygen atoms in total. The summed E-state index contributed by atoms with van der Waals surface area (Å²) >= 11 is 5.89. The summed E-state index contributed by atoms with van der Waals surface area (Å²) in [5.74, 6) is 0.345. The van der Waals surface area contributed by atoms with Crippen molar-refractivity contribution < 1.29 is 14.1 Å². The van der Waals surface area contributed by atoms with Gasteiger partial charge in [-0.25, -0.2) is 0 Å². The first-order valence-electron chi connectivity index (χ1n) is 7.03. The van der Waals surface area contributed by atoms with Crippen LogP contribution in [0.25, 0.3) is 0 Å². The summed E-state index contributed by atoms with van der Waals surface area (Å²) in [7, 11) is 0. The average molecular weight is 322 g/mol. The van der Waals surface area contributed by atoms with Crippen LogP contribution in [-0.2, 0) is 11.3 Å². The second-order valence-electron chi connectivity index (χ2n) is 5.03. The van der Waals surface area contributed by atoms with Crippen molar-refractivity contribution in [2.24, 2.45) is 0 Å². The van der Waals surface area contributed by atoms with Gasteiger partial charge in [-0.2, -0.15) is 0 Å². The van der Waals surface area contributed by atoms with E-state index in [0.29, 0.717) is 23.0 Å². The fourth-order valence-electron chi connectivity index (χ4n) is 2.24. The fraction of sp³-hybridized carbons (Fsp3) is 0.333. The van der Waals surface area contributed by atoms with E-state index in [0.717, 1.165) is 26.3 Å². The minimum atomic E-state index is -0.320. The molecule has 0 saturated carbocycles. The number of halogens is 1. The third-order valence-electron chi connectivity index (χ3n) is 3.36. The molecule has 0 spiro atoms. The first-order valence-corrected chi connectivity index (χ1v) is 7.41. The molecule has 1 N–H and O–H groups in total. The normalized spacial score (nSPS) is 15.7. The molecule has 0 aliphatic carbocycles. The van der Waals surface area contributed by atoms with Crippen molar-refractivity contribution >= 4 is 23.2 Å². The number of anilines is 1. The van der Waals surface area contributed by atoms with E-state index < -0.39 is 0 Å². The van der Waals surface area contributed by atoms with Gasteiger partial charge in [0.1, 0.15) is 0 Å². The third-order valence-corrected chi connectivity index (χ3v) is 3.59. The van der Waals surface area contributed by atoms with Gasteiger partial charge in [0, 0.05) is 29.9 Å². The van der Waals surface area contributed by atoms with Gasteiger partial charge in [0.25, 0.3) is 5.91 Å². The van der Waals surface area contributed by atoms with E-state index in [1.54, 1.807) is 30.3 Å². The molecule has 2 aromatic rings. The predicted octanol–water partition coefficient (Wildman–Crippen LogP) is 2.41. The average Bonchev–Trinajstić information content (AvgIpc) is 2.97. The molecule has 0 atom stereocenters. The Morgan fingerprint density at radius 1 is 1.32 bits per heavy atom. The Hall–Kier alpha value is -1.89. The van der Waals surface area contributed by atoms with Gasteiger partial charge in [0.2, 0.25) is 0 Å². The van der Waals surface area contributed by atoms with Crippen LogP contribution in [0.3, 0.4) is 0 Å². The molecule has 3 rings (SSSR count). The highest BCUT2D eigenvalue weighted by Crippen LogP contribution is 2.16. The summed E-state index contributed by atoms with van der Waals surface area (Å²) in [5.41, 5.74) is 0.874. The predicted molar refractivity (Wildman–Crippen MR) is 82.0 cm³/mol. The molecule has 1 fully saturated rings. The number of benzene rings is 1. The van der Waals surface area contributed by atoms with Crippen LogP contribution in [0.5, 0.6) is 0 Å². The van der Waals surface area contributed by atoms with Gasteiger partial charge < -0.3 is 14.6 Å². The Morgan fingerprint density at radius 3 is 2.91 bits per heavy atom. The van der Waals surface area contributed by atoms with Gasteiger partial charge in [0.05, 0.1) is 19.8 Å². The van der Waals surface area contributed by atoms with Gasteiger partial charge in [-0.15, -0.1) is 0 Å². The number of amides is 1. The highest BCUT2D eigenvalue weighted by molar-refractivity contribution is 6.30. The Morgan fingerprint density at radius 2 is 2.14 bits per heavy atom. The van der Waals surface area contributed by atoms with Crippen molar-refractivity contribution in [2.45, 2.75) is 6.54 Å². The molecule has 1 aromatic heterocycles. The van der Waals surface area contributed by atoms with Crippen LogP contribution in [-0.4, -0.2) is 42.3 Å². The second-order valence-corrected chi connectivity index (χ2v) is 5.47. The van der Waals surface area contributed by atoms with Crippen molar-refractivity contribution in [3.05, 3.63) is 46.8 Å². The number of nitrogens with one attached hydrogen (secondary N) is 1. The van der Waals surface area contributed by atoms with Crippen LogP contribution in [0.1, 0.15) is 16.2 Å². The lowest BCUT2D eigenvalue weighted by Crippen LogP contribution is -2.35. The Bertz CT molecular complexity index is 653. The number of morpholine rings is 1. The zero-order valence-corrected chi connectivity index (χ0v) is 12.7. The summed E-state index contributed by atoms with van der Waals surface area (Å²) < 4.78 is 10.5. The fourth-order valence-corrected chi connectivity index (χ4v) is 2.43. The van der Waals surface area contributed by atoms with E-state index in [2.05, 4.69) is 15.4 Å². The second kappa shape index (κ2) is 6.91. The number of carbonyl (C=O) groups excluding carboxylic acids is 1.